The zero-order valence-electron chi connectivity index (χ0n) is 68.0. The standard InChI is InChI=1S/C31H32N6O5.C30H33N7O3.C28H28N6O3/c1-18-33-24-9-7-19(15-26(24)41-18)22-17-32-28-27(22)29(42-21-5-3-4-6-21)36-31(35-28)34-23-10-8-20(16-25(23)39-2)30(38)37-11-13-40-14-12-37;1-17-14-20(29(38)36(3)4)7-8-23(17)33-30-34-27-26(28(35-30)40-21-10-12-37(5)13-11-21)22(16-31-27)19-6-9-24-25(15-19)39-18(2)32-24;1-15-12-18(26(35)29-3)9-10-21(15)32-28-33-25-24(27(34-28)37-19-6-4-5-7-19)20(14-30-25)17-8-11-22-23(13-17)36-16(2)31-22/h7-10,15-17,21H,3-6,11-14H2,1-2H3,(H2,32,34,35,36);6-9,14-16,21H,10-13H2,1-5H3,(H2,31,33,34,35);8-14,19H,4-7H2,1-3H3,(H,29,35)(H2,30,32,33,34). The monoisotopic (exact) mass is 1600 g/mol. The smallest absolute Gasteiger partial charge is 0.254 e. The second kappa shape index (κ2) is 33.6. The van der Waals surface area contributed by atoms with Crippen LogP contribution in [-0.4, -0.2) is 185 Å². The number of nitrogens with one attached hydrogen (secondary N) is 7. The van der Waals surface area contributed by atoms with E-state index in [2.05, 4.69) is 63.1 Å². The molecule has 11 heterocycles. The number of hydrogen-bond acceptors (Lipinski definition) is 24. The lowest BCUT2D eigenvalue weighted by molar-refractivity contribution is 0.0302. The van der Waals surface area contributed by atoms with Crippen molar-refractivity contribution < 1.29 is 51.3 Å². The molecule has 9 aromatic heterocycles. The highest BCUT2D eigenvalue weighted by atomic mass is 16.5. The fourth-order valence-corrected chi connectivity index (χ4v) is 15.8. The Kier molecular flexibility index (Phi) is 22.1. The number of carbonyl (C=O) groups is 3. The van der Waals surface area contributed by atoms with Gasteiger partial charge in [0.1, 0.15) is 57.6 Å². The van der Waals surface area contributed by atoms with Gasteiger partial charge in [-0.05, 0) is 204 Å². The van der Waals surface area contributed by atoms with Crippen molar-refractivity contribution in [3.63, 3.8) is 0 Å². The van der Waals surface area contributed by atoms with Crippen LogP contribution in [0.3, 0.4) is 0 Å². The fraction of sp³-hybridized carbons (Fsp3) is 0.326. The maximum Gasteiger partial charge on any atom is 0.254 e. The third-order valence-corrected chi connectivity index (χ3v) is 22.1. The Morgan fingerprint density at radius 3 is 1.27 bits per heavy atom. The van der Waals surface area contributed by atoms with Crippen LogP contribution in [0, 0.1) is 34.6 Å². The number of fused-ring (bicyclic) bond motifs is 6. The van der Waals surface area contributed by atoms with Crippen molar-refractivity contribution in [3.05, 3.63) is 173 Å². The molecule has 0 spiro atoms. The second-order valence-corrected chi connectivity index (χ2v) is 30.8. The van der Waals surface area contributed by atoms with Gasteiger partial charge in [-0.25, -0.2) is 15.0 Å². The van der Waals surface area contributed by atoms with Gasteiger partial charge in [0.25, 0.3) is 17.7 Å². The summed E-state index contributed by atoms with van der Waals surface area (Å²) in [5, 5.41) is 15.1. The first-order valence-electron chi connectivity index (χ1n) is 40.3. The number of amides is 3. The average molecular weight is 1600 g/mol. The van der Waals surface area contributed by atoms with Crippen molar-refractivity contribution in [1.82, 2.24) is 79.8 Å². The molecule has 0 unspecified atom stereocenters. The van der Waals surface area contributed by atoms with Gasteiger partial charge in [0.15, 0.2) is 34.4 Å². The molecule has 6 aromatic carbocycles. The van der Waals surface area contributed by atoms with E-state index in [1.807, 2.05) is 138 Å². The Balaban J connectivity index is 0.000000128. The normalized spacial score (nSPS) is 14.9. The van der Waals surface area contributed by atoms with Gasteiger partial charge in [-0.1, -0.05) is 18.2 Å². The molecule has 4 fully saturated rings. The molecule has 2 saturated carbocycles. The predicted molar refractivity (Wildman–Crippen MR) is 455 cm³/mol. The molecule has 2 saturated heterocycles. The van der Waals surface area contributed by atoms with Gasteiger partial charge in [-0.2, -0.15) is 29.9 Å². The molecule has 3 amide bonds. The van der Waals surface area contributed by atoms with Crippen LogP contribution in [0.1, 0.15) is 124 Å². The molecule has 2 aliphatic carbocycles. The van der Waals surface area contributed by atoms with E-state index in [9.17, 15) is 14.4 Å². The summed E-state index contributed by atoms with van der Waals surface area (Å²) in [6.45, 7) is 13.6. The lowest BCUT2D eigenvalue weighted by Crippen LogP contribution is -2.40. The van der Waals surface area contributed by atoms with Gasteiger partial charge >= 0.3 is 0 Å². The van der Waals surface area contributed by atoms with E-state index in [-0.39, 0.29) is 36.0 Å². The SMILES string of the molecule is CNC(=O)c1ccc(Nc2nc(OC3CCCC3)c3c(-c4ccc5nc(C)oc5c4)c[nH]c3n2)c(C)c1.COc1cc(C(=O)N2CCOCC2)ccc1Nc1nc(OC2CCCC2)c2c(-c3ccc4nc(C)oc4c3)c[nH]c2n1.Cc1nc2ccc(-c3c[nH]c4nc(Nc5ccc(C(=O)N(C)C)cc5C)nc(OC5CCN(C)CC5)c34)cc2o1. The fourth-order valence-electron chi connectivity index (χ4n) is 15.8. The number of carbonyl (C=O) groups excluding carboxylic acids is 3. The maximum atomic E-state index is 13.0. The number of hydrogen-bond donors (Lipinski definition) is 7. The van der Waals surface area contributed by atoms with Gasteiger partial charge in [-0.3, -0.25) is 14.4 Å². The third kappa shape index (κ3) is 16.8. The lowest BCUT2D eigenvalue weighted by atomic mass is 10.1. The lowest BCUT2D eigenvalue weighted by Gasteiger charge is -2.29. The molecule has 0 bridgehead atoms. The molecule has 19 rings (SSSR count). The number of aromatic nitrogens is 12. The highest BCUT2D eigenvalue weighted by molar-refractivity contribution is 6.03. The molecule has 30 heteroatoms. The minimum Gasteiger partial charge on any atom is -0.495 e. The Hall–Kier alpha value is -13.5. The average Bonchev–Trinajstić information content (AvgIpc) is 1.64. The molecule has 0 radical (unpaired) electrons. The number of aryl methyl sites for hydroxylation is 5. The van der Waals surface area contributed by atoms with Gasteiger partial charge in [0, 0.05) is 131 Å². The quantitative estimate of drug-likeness (QED) is 0.0395. The van der Waals surface area contributed by atoms with E-state index >= 15 is 0 Å². The van der Waals surface area contributed by atoms with E-state index < -0.39 is 0 Å². The first kappa shape index (κ1) is 78.1. The Morgan fingerprint density at radius 1 is 0.462 bits per heavy atom. The number of aromatic amines is 3. The number of morpholine rings is 1. The molecular weight excluding hydrogens is 1510 g/mol. The molecule has 4 aliphatic rings. The van der Waals surface area contributed by atoms with Crippen molar-refractivity contribution in [1.29, 1.82) is 0 Å². The highest BCUT2D eigenvalue weighted by Gasteiger charge is 2.29. The van der Waals surface area contributed by atoms with Crippen LogP contribution >= 0.6 is 0 Å². The number of likely N-dealkylation sites (tertiary alicyclic amines) is 1. The maximum absolute atomic E-state index is 13.0. The minimum atomic E-state index is -0.128. The molecular formula is C89H93N19O11. The summed E-state index contributed by atoms with van der Waals surface area (Å²) in [5.41, 5.74) is 18.2. The summed E-state index contributed by atoms with van der Waals surface area (Å²) in [6, 6.07) is 34.3. The van der Waals surface area contributed by atoms with Crippen LogP contribution < -0.4 is 40.2 Å². The predicted octanol–water partition coefficient (Wildman–Crippen LogP) is 16.7. The van der Waals surface area contributed by atoms with Crippen molar-refractivity contribution >= 4 is 119 Å². The molecule has 610 valence electrons. The molecule has 7 N–H and O–H groups in total. The molecule has 0 atom stereocenters. The van der Waals surface area contributed by atoms with Crippen LogP contribution in [0.2, 0.25) is 0 Å². The number of anilines is 6. The van der Waals surface area contributed by atoms with Crippen molar-refractivity contribution in [2.75, 3.05) is 90.6 Å². The highest BCUT2D eigenvalue weighted by Crippen LogP contribution is 2.43. The van der Waals surface area contributed by atoms with Crippen molar-refractivity contribution in [3.8, 4) is 56.8 Å². The van der Waals surface area contributed by atoms with Crippen LogP contribution in [0.25, 0.3) is 99.8 Å². The van der Waals surface area contributed by atoms with E-state index in [1.165, 1.54) is 0 Å². The van der Waals surface area contributed by atoms with Gasteiger partial charge < -0.3 is 87.9 Å². The Morgan fingerprint density at radius 2 is 0.857 bits per heavy atom. The van der Waals surface area contributed by atoms with Gasteiger partial charge in [0.05, 0.1) is 42.2 Å². The second-order valence-electron chi connectivity index (χ2n) is 30.8. The van der Waals surface area contributed by atoms with E-state index in [1.54, 1.807) is 62.3 Å². The first-order chi connectivity index (χ1) is 57.8. The van der Waals surface area contributed by atoms with E-state index in [0.717, 1.165) is 183 Å². The summed E-state index contributed by atoms with van der Waals surface area (Å²) >= 11 is 0. The minimum absolute atomic E-state index is 0.0428. The number of piperidine rings is 1. The van der Waals surface area contributed by atoms with Crippen LogP contribution in [-0.2, 0) is 4.74 Å². The Labute approximate surface area is 684 Å². The summed E-state index contributed by atoms with van der Waals surface area (Å²) in [6.07, 6.45) is 16.5. The largest absolute Gasteiger partial charge is 0.495 e. The molecule has 30 nitrogen and oxygen atoms in total. The number of H-pyrrole nitrogens is 3. The Bertz CT molecular complexity index is 6310. The van der Waals surface area contributed by atoms with Crippen molar-refractivity contribution in [2.24, 2.45) is 0 Å². The van der Waals surface area contributed by atoms with Crippen LogP contribution in [0.5, 0.6) is 23.4 Å². The number of benzene rings is 6. The topological polar surface area (TPSA) is 358 Å². The summed E-state index contributed by atoms with van der Waals surface area (Å²) in [5.74, 6) is 4.97. The van der Waals surface area contributed by atoms with E-state index in [4.69, 9.17) is 66.8 Å². The van der Waals surface area contributed by atoms with E-state index in [0.29, 0.717) is 125 Å². The summed E-state index contributed by atoms with van der Waals surface area (Å²) < 4.78 is 48.0. The first-order valence-corrected chi connectivity index (χ1v) is 40.3. The number of nitrogens with zero attached hydrogens (tertiary/aromatic N) is 12. The van der Waals surface area contributed by atoms with Crippen molar-refractivity contribution in [2.45, 2.75) is 117 Å². The summed E-state index contributed by atoms with van der Waals surface area (Å²) in [7, 11) is 8.81. The third-order valence-electron chi connectivity index (χ3n) is 22.1. The number of methoxy groups -OCH3 is 1. The zero-order chi connectivity index (χ0) is 82.1. The molecule has 119 heavy (non-hydrogen) atoms. The molecule has 15 aromatic rings. The summed E-state index contributed by atoms with van der Waals surface area (Å²) in [4.78, 5) is 95.2. The van der Waals surface area contributed by atoms with Gasteiger partial charge in [-0.15, -0.1) is 0 Å². The zero-order valence-corrected chi connectivity index (χ0v) is 68.0. The van der Waals surface area contributed by atoms with Crippen LogP contribution in [0.4, 0.5) is 34.9 Å². The number of ether oxygens (including phenoxy) is 5. The number of rotatable bonds is 19. The van der Waals surface area contributed by atoms with Crippen LogP contribution in [0.15, 0.2) is 141 Å². The van der Waals surface area contributed by atoms with Gasteiger partial charge in [0.2, 0.25) is 35.5 Å². The molecule has 2 aliphatic heterocycles. The number of oxazole rings is 3.